The first-order valence-electron chi connectivity index (χ1n) is 7.21. The Bertz CT molecular complexity index is 732. The monoisotopic (exact) mass is 303 g/mol. The smallest absolute Gasteiger partial charge is 0.254 e. The van der Waals surface area contributed by atoms with Crippen molar-refractivity contribution in [1.29, 1.82) is 0 Å². The van der Waals surface area contributed by atoms with Crippen molar-refractivity contribution in [2.24, 2.45) is 0 Å². The van der Waals surface area contributed by atoms with Gasteiger partial charge in [0.05, 0.1) is 12.1 Å². The minimum absolute atomic E-state index is 0.0262. The normalized spacial score (nSPS) is 12.2. The van der Waals surface area contributed by atoms with Gasteiger partial charge < -0.3 is 10.3 Å². The third kappa shape index (κ3) is 4.03. The van der Waals surface area contributed by atoms with E-state index in [0.717, 1.165) is 11.4 Å². The van der Waals surface area contributed by atoms with Crippen LogP contribution in [0.3, 0.4) is 0 Å². The van der Waals surface area contributed by atoms with Crippen LogP contribution in [0, 0.1) is 20.8 Å². The molecule has 0 saturated carbocycles. The van der Waals surface area contributed by atoms with Crippen molar-refractivity contribution in [3.63, 3.8) is 0 Å². The number of nitrogens with one attached hydrogen (secondary N) is 3. The zero-order chi connectivity index (χ0) is 16.3. The average Bonchev–Trinajstić information content (AvgIpc) is 2.79. The first kappa shape index (κ1) is 15.9. The van der Waals surface area contributed by atoms with Crippen LogP contribution in [0.1, 0.15) is 35.4 Å². The van der Waals surface area contributed by atoms with Crippen LogP contribution in [0.5, 0.6) is 0 Å². The van der Waals surface area contributed by atoms with E-state index in [2.05, 4.69) is 25.5 Å². The molecule has 0 saturated heterocycles. The largest absolute Gasteiger partial charge is 0.353 e. The number of amides is 1. The van der Waals surface area contributed by atoms with Crippen LogP contribution in [0.25, 0.3) is 0 Å². The fourth-order valence-electron chi connectivity index (χ4n) is 2.39. The minimum Gasteiger partial charge on any atom is -0.353 e. The van der Waals surface area contributed by atoms with Gasteiger partial charge in [-0.2, -0.15) is 5.10 Å². The summed E-state index contributed by atoms with van der Waals surface area (Å²) in [5.74, 6) is 0.355. The molecule has 7 nitrogen and oxygen atoms in total. The van der Waals surface area contributed by atoms with Gasteiger partial charge in [-0.05, 0) is 33.8 Å². The lowest BCUT2D eigenvalue weighted by Gasteiger charge is -2.13. The molecule has 0 radical (unpaired) electrons. The summed E-state index contributed by atoms with van der Waals surface area (Å²) in [5, 5.41) is 9.90. The molecule has 118 valence electrons. The molecule has 22 heavy (non-hydrogen) atoms. The third-order valence-electron chi connectivity index (χ3n) is 3.36. The zero-order valence-corrected chi connectivity index (χ0v) is 13.3. The van der Waals surface area contributed by atoms with Crippen molar-refractivity contribution in [1.82, 2.24) is 25.5 Å². The van der Waals surface area contributed by atoms with E-state index in [4.69, 9.17) is 0 Å². The Morgan fingerprint density at radius 1 is 1.36 bits per heavy atom. The van der Waals surface area contributed by atoms with Crippen molar-refractivity contribution in [2.75, 3.05) is 0 Å². The third-order valence-corrected chi connectivity index (χ3v) is 3.36. The van der Waals surface area contributed by atoms with Crippen molar-refractivity contribution in [3.8, 4) is 0 Å². The van der Waals surface area contributed by atoms with E-state index in [-0.39, 0.29) is 23.9 Å². The number of H-pyrrole nitrogens is 2. The van der Waals surface area contributed by atoms with E-state index < -0.39 is 0 Å². The van der Waals surface area contributed by atoms with Crippen LogP contribution in [-0.2, 0) is 17.6 Å². The number of hydrogen-bond acceptors (Lipinski definition) is 4. The number of carbonyl (C=O) groups excluding carboxylic acids is 1. The van der Waals surface area contributed by atoms with Crippen LogP contribution in [0.15, 0.2) is 10.9 Å². The fourth-order valence-corrected chi connectivity index (χ4v) is 2.39. The highest BCUT2D eigenvalue weighted by Crippen LogP contribution is 2.03. The lowest BCUT2D eigenvalue weighted by atomic mass is 10.1. The second-order valence-electron chi connectivity index (χ2n) is 5.61. The molecular formula is C15H21N5O2. The second-order valence-corrected chi connectivity index (χ2v) is 5.61. The van der Waals surface area contributed by atoms with Crippen LogP contribution in [0.2, 0.25) is 0 Å². The van der Waals surface area contributed by atoms with Crippen LogP contribution < -0.4 is 10.9 Å². The number of rotatable bonds is 5. The molecule has 2 aromatic heterocycles. The molecule has 1 atom stereocenters. The quantitative estimate of drug-likeness (QED) is 0.756. The lowest BCUT2D eigenvalue weighted by molar-refractivity contribution is -0.121. The molecule has 2 heterocycles. The van der Waals surface area contributed by atoms with Gasteiger partial charge >= 0.3 is 0 Å². The molecule has 0 aliphatic rings. The van der Waals surface area contributed by atoms with Gasteiger partial charge in [-0.15, -0.1) is 0 Å². The maximum Gasteiger partial charge on any atom is 0.254 e. The number of hydrogen-bond donors (Lipinski definition) is 3. The molecule has 0 aliphatic heterocycles. The molecular weight excluding hydrogens is 282 g/mol. The summed E-state index contributed by atoms with van der Waals surface area (Å²) in [6.45, 7) is 7.29. The zero-order valence-electron chi connectivity index (χ0n) is 13.3. The van der Waals surface area contributed by atoms with Crippen molar-refractivity contribution >= 4 is 5.91 Å². The molecule has 2 aromatic rings. The van der Waals surface area contributed by atoms with Gasteiger partial charge in [0.25, 0.3) is 5.56 Å². The van der Waals surface area contributed by atoms with Crippen molar-refractivity contribution in [2.45, 2.75) is 46.6 Å². The minimum atomic E-state index is -0.254. The molecule has 7 heteroatoms. The summed E-state index contributed by atoms with van der Waals surface area (Å²) < 4.78 is 0. The summed E-state index contributed by atoms with van der Waals surface area (Å²) in [6, 6.07) is 1.88. The Balaban J connectivity index is 1.97. The highest BCUT2D eigenvalue weighted by Gasteiger charge is 2.14. The predicted molar refractivity (Wildman–Crippen MR) is 82.7 cm³/mol. The number of aromatic nitrogens is 4. The van der Waals surface area contributed by atoms with E-state index in [1.54, 1.807) is 13.8 Å². The lowest BCUT2D eigenvalue weighted by Crippen LogP contribution is -2.36. The van der Waals surface area contributed by atoms with E-state index >= 15 is 0 Å². The molecule has 0 spiro atoms. The average molecular weight is 303 g/mol. The summed E-state index contributed by atoms with van der Waals surface area (Å²) in [7, 11) is 0. The number of aromatic amines is 2. The van der Waals surface area contributed by atoms with Crippen LogP contribution >= 0.6 is 0 Å². The first-order valence-corrected chi connectivity index (χ1v) is 7.21. The molecule has 0 aromatic carbocycles. The maximum atomic E-state index is 12.1. The van der Waals surface area contributed by atoms with Crippen LogP contribution in [-0.4, -0.2) is 32.1 Å². The Morgan fingerprint density at radius 3 is 2.68 bits per heavy atom. The summed E-state index contributed by atoms with van der Waals surface area (Å²) >= 11 is 0. The molecule has 0 bridgehead atoms. The predicted octanol–water partition coefficient (Wildman–Crippen LogP) is 0.708. The first-order chi connectivity index (χ1) is 10.3. The van der Waals surface area contributed by atoms with E-state index in [1.807, 2.05) is 19.9 Å². The second kappa shape index (κ2) is 6.55. The Labute approximate surface area is 128 Å². The number of aryl methyl sites for hydroxylation is 3. The van der Waals surface area contributed by atoms with Crippen molar-refractivity contribution in [3.05, 3.63) is 44.9 Å². The van der Waals surface area contributed by atoms with Crippen LogP contribution in [0.4, 0.5) is 0 Å². The number of nitrogens with zero attached hydrogens (tertiary/aromatic N) is 2. The van der Waals surface area contributed by atoms with Gasteiger partial charge in [-0.3, -0.25) is 14.7 Å². The molecule has 0 unspecified atom stereocenters. The Hall–Kier alpha value is -2.44. The summed E-state index contributed by atoms with van der Waals surface area (Å²) in [5.41, 5.74) is 2.63. The topological polar surface area (TPSA) is 104 Å². The molecule has 1 amide bonds. The Morgan fingerprint density at radius 2 is 2.09 bits per heavy atom. The van der Waals surface area contributed by atoms with E-state index in [1.165, 1.54) is 0 Å². The van der Waals surface area contributed by atoms with E-state index in [0.29, 0.717) is 23.5 Å². The fraction of sp³-hybridized carbons (Fsp3) is 0.467. The van der Waals surface area contributed by atoms with Gasteiger partial charge in [-0.1, -0.05) is 0 Å². The molecule has 0 aliphatic carbocycles. The highest BCUT2D eigenvalue weighted by molar-refractivity contribution is 5.79. The van der Waals surface area contributed by atoms with Gasteiger partial charge in [0.2, 0.25) is 5.91 Å². The van der Waals surface area contributed by atoms with Gasteiger partial charge in [-0.25, -0.2) is 4.98 Å². The highest BCUT2D eigenvalue weighted by atomic mass is 16.2. The SMILES string of the molecule is Cc1cc(C[C@H](C)NC(=O)Cc2c(C)nc(C)[nH]c2=O)n[nH]1. The van der Waals surface area contributed by atoms with Crippen molar-refractivity contribution < 1.29 is 4.79 Å². The molecule has 2 rings (SSSR count). The molecule has 3 N–H and O–H groups in total. The van der Waals surface area contributed by atoms with Gasteiger partial charge in [0, 0.05) is 29.4 Å². The summed E-state index contributed by atoms with van der Waals surface area (Å²) in [4.78, 5) is 30.8. The number of carbonyl (C=O) groups is 1. The van der Waals surface area contributed by atoms with Gasteiger partial charge in [0.1, 0.15) is 5.82 Å². The van der Waals surface area contributed by atoms with E-state index in [9.17, 15) is 9.59 Å². The van der Waals surface area contributed by atoms with Gasteiger partial charge in [0.15, 0.2) is 0 Å². The standard InChI is InChI=1S/C15H21N5O2/c1-8(5-12-6-9(2)19-20-12)16-14(21)7-13-10(3)17-11(4)18-15(13)22/h6,8H,5,7H2,1-4H3,(H,16,21)(H,19,20)(H,17,18,22)/t8-/m0/s1. The Kier molecular flexibility index (Phi) is 4.75. The molecule has 0 fully saturated rings. The summed E-state index contributed by atoms with van der Waals surface area (Å²) in [6.07, 6.45) is 0.663. The maximum absolute atomic E-state index is 12.1.